The van der Waals surface area contributed by atoms with Gasteiger partial charge in [0.25, 0.3) is 0 Å². The van der Waals surface area contributed by atoms with E-state index < -0.39 is 0 Å². The molecule has 88 valence electrons. The molecule has 1 aromatic rings. The quantitative estimate of drug-likeness (QED) is 0.736. The zero-order valence-electron chi connectivity index (χ0n) is 10.2. The Balaban J connectivity index is 2.60. The number of benzene rings is 1. The number of nitrogens with one attached hydrogen (secondary N) is 1. The number of nitrogens with zero attached hydrogens (tertiary/aromatic N) is 1. The average molecular weight is 220 g/mol. The van der Waals surface area contributed by atoms with Crippen LogP contribution in [0.4, 0.5) is 0 Å². The minimum atomic E-state index is -0.0734. The fraction of sp³-hybridized carbons (Fsp3) is 0.462. The largest absolute Gasteiger partial charge is 0.318 e. The third kappa shape index (κ3) is 3.43. The Kier molecular flexibility index (Phi) is 5.15. The Hall–Kier alpha value is -1.19. The molecule has 0 aromatic heterocycles. The first kappa shape index (κ1) is 12.9. The van der Waals surface area contributed by atoms with E-state index in [1.54, 1.807) is 0 Å². The van der Waals surface area contributed by atoms with Crippen molar-refractivity contribution in [3.8, 4) is 0 Å². The first-order valence-electron chi connectivity index (χ1n) is 5.61. The van der Waals surface area contributed by atoms with Crippen molar-refractivity contribution in [1.29, 1.82) is 0 Å². The van der Waals surface area contributed by atoms with Gasteiger partial charge in [0.2, 0.25) is 0 Å². The van der Waals surface area contributed by atoms with Crippen LogP contribution in [0.1, 0.15) is 17.3 Å². The summed E-state index contributed by atoms with van der Waals surface area (Å²) in [5, 5.41) is 3.08. The van der Waals surface area contributed by atoms with Gasteiger partial charge in [-0.1, -0.05) is 30.3 Å². The molecule has 16 heavy (non-hydrogen) atoms. The van der Waals surface area contributed by atoms with E-state index in [0.29, 0.717) is 0 Å². The maximum absolute atomic E-state index is 12.1. The second-order valence-electron chi connectivity index (χ2n) is 3.99. The zero-order chi connectivity index (χ0) is 12.0. The highest BCUT2D eigenvalue weighted by Crippen LogP contribution is 2.07. The monoisotopic (exact) mass is 220 g/mol. The number of hydrogen-bond donors (Lipinski definition) is 1. The van der Waals surface area contributed by atoms with Crippen molar-refractivity contribution in [1.82, 2.24) is 10.2 Å². The van der Waals surface area contributed by atoms with E-state index in [1.807, 2.05) is 51.4 Å². The molecule has 0 heterocycles. The van der Waals surface area contributed by atoms with Gasteiger partial charge >= 0.3 is 0 Å². The average Bonchev–Trinajstić information content (AvgIpc) is 2.35. The lowest BCUT2D eigenvalue weighted by Crippen LogP contribution is -2.39. The van der Waals surface area contributed by atoms with Crippen LogP contribution in [-0.2, 0) is 0 Å². The second kappa shape index (κ2) is 6.40. The zero-order valence-corrected chi connectivity index (χ0v) is 10.2. The molecule has 1 aromatic carbocycles. The van der Waals surface area contributed by atoms with Crippen molar-refractivity contribution in [2.45, 2.75) is 13.0 Å². The molecule has 0 saturated heterocycles. The van der Waals surface area contributed by atoms with Crippen LogP contribution in [0.15, 0.2) is 30.3 Å². The minimum Gasteiger partial charge on any atom is -0.318 e. The number of likely N-dealkylation sites (N-methyl/N-ethyl adjacent to an activating group) is 2. The molecule has 0 spiro atoms. The topological polar surface area (TPSA) is 32.3 Å². The molecule has 3 nitrogen and oxygen atoms in total. The van der Waals surface area contributed by atoms with Gasteiger partial charge in [-0.3, -0.25) is 9.69 Å². The summed E-state index contributed by atoms with van der Waals surface area (Å²) in [6.07, 6.45) is 0. The van der Waals surface area contributed by atoms with Crippen molar-refractivity contribution in [3.63, 3.8) is 0 Å². The molecular weight excluding hydrogens is 200 g/mol. The predicted octanol–water partition coefficient (Wildman–Crippen LogP) is 1.41. The molecule has 1 unspecified atom stereocenters. The molecule has 1 rings (SSSR count). The first-order chi connectivity index (χ1) is 7.66. The van der Waals surface area contributed by atoms with E-state index in [0.717, 1.165) is 18.7 Å². The highest BCUT2D eigenvalue weighted by Gasteiger charge is 2.18. The Morgan fingerprint density at radius 2 is 2.00 bits per heavy atom. The SMILES string of the molecule is CNCCN(C)C(C)C(=O)c1ccccc1. The van der Waals surface area contributed by atoms with Gasteiger partial charge in [-0.05, 0) is 21.0 Å². The number of hydrogen-bond acceptors (Lipinski definition) is 3. The van der Waals surface area contributed by atoms with Gasteiger partial charge in [0.15, 0.2) is 5.78 Å². The molecule has 0 aliphatic rings. The summed E-state index contributed by atoms with van der Waals surface area (Å²) in [5.74, 6) is 0.180. The lowest BCUT2D eigenvalue weighted by Gasteiger charge is -2.23. The van der Waals surface area contributed by atoms with Gasteiger partial charge < -0.3 is 5.32 Å². The van der Waals surface area contributed by atoms with Crippen molar-refractivity contribution in [2.75, 3.05) is 27.2 Å². The molecule has 1 atom stereocenters. The third-order valence-corrected chi connectivity index (χ3v) is 2.81. The molecule has 0 fully saturated rings. The van der Waals surface area contributed by atoms with Gasteiger partial charge in [-0.15, -0.1) is 0 Å². The van der Waals surface area contributed by atoms with Crippen LogP contribution in [0.25, 0.3) is 0 Å². The molecule has 0 saturated carbocycles. The van der Waals surface area contributed by atoms with Crippen molar-refractivity contribution in [3.05, 3.63) is 35.9 Å². The molecule has 1 N–H and O–H groups in total. The minimum absolute atomic E-state index is 0.0734. The first-order valence-corrected chi connectivity index (χ1v) is 5.61. The van der Waals surface area contributed by atoms with Crippen LogP contribution in [0, 0.1) is 0 Å². The smallest absolute Gasteiger partial charge is 0.179 e. The molecule has 0 aliphatic heterocycles. The predicted molar refractivity (Wildman–Crippen MR) is 66.8 cm³/mol. The van der Waals surface area contributed by atoms with Crippen LogP contribution in [-0.4, -0.2) is 43.9 Å². The standard InChI is InChI=1S/C13H20N2O/c1-11(15(3)10-9-14-2)13(16)12-7-5-4-6-8-12/h4-8,11,14H,9-10H2,1-3H3. The Labute approximate surface area is 97.5 Å². The Morgan fingerprint density at radius 3 is 2.56 bits per heavy atom. The van der Waals surface area contributed by atoms with Crippen LogP contribution in [0.3, 0.4) is 0 Å². The number of ketones is 1. The summed E-state index contributed by atoms with van der Waals surface area (Å²) in [6, 6.07) is 9.37. The van der Waals surface area contributed by atoms with E-state index in [2.05, 4.69) is 10.2 Å². The normalized spacial score (nSPS) is 12.8. The van der Waals surface area contributed by atoms with E-state index in [-0.39, 0.29) is 11.8 Å². The van der Waals surface area contributed by atoms with Crippen molar-refractivity contribution >= 4 is 5.78 Å². The van der Waals surface area contributed by atoms with E-state index in [1.165, 1.54) is 0 Å². The van der Waals surface area contributed by atoms with Crippen molar-refractivity contribution in [2.24, 2.45) is 0 Å². The lowest BCUT2D eigenvalue weighted by molar-refractivity contribution is 0.0870. The maximum atomic E-state index is 12.1. The van der Waals surface area contributed by atoms with Crippen molar-refractivity contribution < 1.29 is 4.79 Å². The number of carbonyl (C=O) groups is 1. The summed E-state index contributed by atoms with van der Waals surface area (Å²) in [5.41, 5.74) is 0.784. The van der Waals surface area contributed by atoms with Crippen LogP contribution in [0.5, 0.6) is 0 Å². The van der Waals surface area contributed by atoms with E-state index >= 15 is 0 Å². The molecular formula is C13H20N2O. The van der Waals surface area contributed by atoms with Gasteiger partial charge in [-0.2, -0.15) is 0 Å². The fourth-order valence-electron chi connectivity index (χ4n) is 1.53. The Bertz CT molecular complexity index is 324. The van der Waals surface area contributed by atoms with E-state index in [9.17, 15) is 4.79 Å². The number of carbonyl (C=O) groups excluding carboxylic acids is 1. The highest BCUT2D eigenvalue weighted by molar-refractivity contribution is 5.99. The van der Waals surface area contributed by atoms with Gasteiger partial charge in [0.05, 0.1) is 6.04 Å². The fourth-order valence-corrected chi connectivity index (χ4v) is 1.53. The summed E-state index contributed by atoms with van der Waals surface area (Å²) in [7, 11) is 3.89. The van der Waals surface area contributed by atoms with Gasteiger partial charge in [-0.25, -0.2) is 0 Å². The summed E-state index contributed by atoms with van der Waals surface area (Å²) >= 11 is 0. The summed E-state index contributed by atoms with van der Waals surface area (Å²) < 4.78 is 0. The number of rotatable bonds is 6. The Morgan fingerprint density at radius 1 is 1.38 bits per heavy atom. The summed E-state index contributed by atoms with van der Waals surface area (Å²) in [6.45, 7) is 3.71. The van der Waals surface area contributed by atoms with Gasteiger partial charge in [0.1, 0.15) is 0 Å². The molecule has 0 amide bonds. The molecule has 0 aliphatic carbocycles. The number of Topliss-reactive ketones (excluding diaryl/α,β-unsaturated/α-hetero) is 1. The lowest BCUT2D eigenvalue weighted by atomic mass is 10.0. The molecule has 3 heteroatoms. The van der Waals surface area contributed by atoms with Gasteiger partial charge in [0, 0.05) is 18.7 Å². The second-order valence-corrected chi connectivity index (χ2v) is 3.99. The summed E-state index contributed by atoms with van der Waals surface area (Å²) in [4.78, 5) is 14.1. The highest BCUT2D eigenvalue weighted by atomic mass is 16.1. The maximum Gasteiger partial charge on any atom is 0.179 e. The molecule has 0 radical (unpaired) electrons. The third-order valence-electron chi connectivity index (χ3n) is 2.81. The van der Waals surface area contributed by atoms with Crippen LogP contribution < -0.4 is 5.32 Å². The van der Waals surface area contributed by atoms with Crippen LogP contribution in [0.2, 0.25) is 0 Å². The molecule has 0 bridgehead atoms. The van der Waals surface area contributed by atoms with Crippen LogP contribution >= 0.6 is 0 Å². The van der Waals surface area contributed by atoms with E-state index in [4.69, 9.17) is 0 Å².